The molecule has 0 fully saturated rings. The lowest BCUT2D eigenvalue weighted by Crippen LogP contribution is -2.35. The summed E-state index contributed by atoms with van der Waals surface area (Å²) in [6.07, 6.45) is 3.47. The number of carbonyl (C=O) groups is 1. The van der Waals surface area contributed by atoms with Crippen LogP contribution >= 0.6 is 0 Å². The summed E-state index contributed by atoms with van der Waals surface area (Å²) in [5, 5.41) is 2.47. The van der Waals surface area contributed by atoms with E-state index in [9.17, 15) is 9.18 Å². The number of benzene rings is 1. The van der Waals surface area contributed by atoms with Gasteiger partial charge in [0.25, 0.3) is 0 Å². The monoisotopic (exact) mass is 340 g/mol. The number of fused-ring (bicyclic) bond motifs is 1. The van der Waals surface area contributed by atoms with Crippen LogP contribution < -0.4 is 5.43 Å². The van der Waals surface area contributed by atoms with Crippen molar-refractivity contribution in [3.8, 4) is 11.4 Å². The van der Waals surface area contributed by atoms with Gasteiger partial charge in [0, 0.05) is 37.6 Å². The zero-order valence-electron chi connectivity index (χ0n) is 14.3. The van der Waals surface area contributed by atoms with E-state index >= 15 is 0 Å². The number of aromatic amines is 1. The first-order chi connectivity index (χ1) is 12.0. The van der Waals surface area contributed by atoms with Gasteiger partial charge in [0.1, 0.15) is 5.82 Å². The molecule has 0 unspecified atom stereocenters. The van der Waals surface area contributed by atoms with Crippen LogP contribution in [-0.2, 0) is 11.2 Å². The predicted molar refractivity (Wildman–Crippen MR) is 96.3 cm³/mol. The number of hydrogen-bond acceptors (Lipinski definition) is 3. The quantitative estimate of drug-likeness (QED) is 0.677. The van der Waals surface area contributed by atoms with Crippen LogP contribution in [0.1, 0.15) is 18.4 Å². The minimum atomic E-state index is -0.273. The van der Waals surface area contributed by atoms with Gasteiger partial charge in [-0.1, -0.05) is 6.07 Å². The molecule has 0 radical (unpaired) electrons. The Labute approximate surface area is 145 Å². The number of hydrogen-bond donors (Lipinski definition) is 2. The van der Waals surface area contributed by atoms with Crippen LogP contribution in [-0.4, -0.2) is 35.0 Å². The van der Waals surface area contributed by atoms with Gasteiger partial charge in [0.05, 0.1) is 11.4 Å². The SMILES string of the molecule is CN(C)NC(=O)CCCc1c(-c2ccccn2)[nH]c2ccc(F)cc12. The molecule has 5 nitrogen and oxygen atoms in total. The van der Waals surface area contributed by atoms with Crippen molar-refractivity contribution >= 4 is 16.8 Å². The van der Waals surface area contributed by atoms with E-state index in [-0.39, 0.29) is 11.7 Å². The fourth-order valence-corrected chi connectivity index (χ4v) is 2.94. The second kappa shape index (κ2) is 7.44. The second-order valence-corrected chi connectivity index (χ2v) is 6.17. The molecule has 0 aliphatic heterocycles. The number of rotatable bonds is 6. The summed E-state index contributed by atoms with van der Waals surface area (Å²) in [6.45, 7) is 0. The molecule has 130 valence electrons. The summed E-state index contributed by atoms with van der Waals surface area (Å²) in [4.78, 5) is 19.6. The number of nitrogens with zero attached hydrogens (tertiary/aromatic N) is 2. The number of nitrogens with one attached hydrogen (secondary N) is 2. The smallest absolute Gasteiger partial charge is 0.234 e. The Hall–Kier alpha value is -2.73. The van der Waals surface area contributed by atoms with E-state index in [1.807, 2.05) is 18.2 Å². The Morgan fingerprint density at radius 1 is 1.28 bits per heavy atom. The van der Waals surface area contributed by atoms with Crippen molar-refractivity contribution in [3.05, 3.63) is 54.0 Å². The first kappa shape index (κ1) is 17.1. The third-order valence-electron chi connectivity index (χ3n) is 3.97. The number of aryl methyl sites for hydroxylation is 1. The Balaban J connectivity index is 1.89. The Morgan fingerprint density at radius 3 is 2.84 bits per heavy atom. The van der Waals surface area contributed by atoms with Gasteiger partial charge >= 0.3 is 0 Å². The maximum atomic E-state index is 13.7. The van der Waals surface area contributed by atoms with E-state index < -0.39 is 0 Å². The van der Waals surface area contributed by atoms with E-state index in [1.165, 1.54) is 12.1 Å². The lowest BCUT2D eigenvalue weighted by Gasteiger charge is -2.11. The molecule has 0 atom stereocenters. The Kier molecular flexibility index (Phi) is 5.09. The number of hydrazine groups is 1. The Bertz CT molecular complexity index is 874. The normalized spacial score (nSPS) is 11.2. The minimum Gasteiger partial charge on any atom is -0.353 e. The number of halogens is 1. The molecule has 25 heavy (non-hydrogen) atoms. The Morgan fingerprint density at radius 2 is 2.12 bits per heavy atom. The van der Waals surface area contributed by atoms with E-state index in [4.69, 9.17) is 0 Å². The molecule has 2 heterocycles. The van der Waals surface area contributed by atoms with Crippen molar-refractivity contribution in [3.63, 3.8) is 0 Å². The average molecular weight is 340 g/mol. The highest BCUT2D eigenvalue weighted by Crippen LogP contribution is 2.31. The van der Waals surface area contributed by atoms with Gasteiger partial charge in [-0.15, -0.1) is 0 Å². The summed E-state index contributed by atoms with van der Waals surface area (Å²) in [5.74, 6) is -0.305. The van der Waals surface area contributed by atoms with E-state index in [0.717, 1.165) is 27.9 Å². The van der Waals surface area contributed by atoms with Crippen molar-refractivity contribution in [2.75, 3.05) is 14.1 Å². The molecule has 3 rings (SSSR count). The fourth-order valence-electron chi connectivity index (χ4n) is 2.94. The van der Waals surface area contributed by atoms with Gasteiger partial charge in [-0.3, -0.25) is 15.2 Å². The third-order valence-corrected chi connectivity index (χ3v) is 3.97. The van der Waals surface area contributed by atoms with Crippen molar-refractivity contribution < 1.29 is 9.18 Å². The number of pyridine rings is 1. The van der Waals surface area contributed by atoms with E-state index in [0.29, 0.717) is 19.3 Å². The van der Waals surface area contributed by atoms with Crippen LogP contribution in [0.25, 0.3) is 22.3 Å². The molecule has 0 aliphatic carbocycles. The standard InChI is InChI=1S/C19H21FN4O/c1-24(2)23-18(25)8-5-6-14-15-12-13(20)9-10-16(15)22-19(14)17-7-3-4-11-21-17/h3-4,7,9-12,22H,5-6,8H2,1-2H3,(H,23,25). The molecule has 2 N–H and O–H groups in total. The van der Waals surface area contributed by atoms with Crippen LogP contribution in [0, 0.1) is 5.82 Å². The lowest BCUT2D eigenvalue weighted by molar-refractivity contribution is -0.124. The lowest BCUT2D eigenvalue weighted by atomic mass is 10.0. The fraction of sp³-hybridized carbons (Fsp3) is 0.263. The first-order valence-electron chi connectivity index (χ1n) is 8.23. The molecule has 1 aromatic carbocycles. The summed E-state index contributed by atoms with van der Waals surface area (Å²) in [6, 6.07) is 10.4. The largest absolute Gasteiger partial charge is 0.353 e. The minimum absolute atomic E-state index is 0.0320. The van der Waals surface area contributed by atoms with Crippen LogP contribution in [0.2, 0.25) is 0 Å². The molecule has 1 amide bonds. The van der Waals surface area contributed by atoms with Gasteiger partial charge in [0.15, 0.2) is 0 Å². The van der Waals surface area contributed by atoms with Crippen LogP contribution in [0.3, 0.4) is 0 Å². The molecule has 0 saturated heterocycles. The third kappa shape index (κ3) is 4.03. The maximum absolute atomic E-state index is 13.7. The van der Waals surface area contributed by atoms with Gasteiger partial charge in [-0.05, 0) is 48.7 Å². The zero-order valence-corrected chi connectivity index (χ0v) is 14.3. The highest BCUT2D eigenvalue weighted by atomic mass is 19.1. The zero-order chi connectivity index (χ0) is 17.8. The molecule has 2 aromatic heterocycles. The van der Waals surface area contributed by atoms with Crippen LogP contribution in [0.15, 0.2) is 42.6 Å². The van der Waals surface area contributed by atoms with Crippen molar-refractivity contribution in [2.24, 2.45) is 0 Å². The number of carbonyl (C=O) groups excluding carboxylic acids is 1. The summed E-state index contributed by atoms with van der Waals surface area (Å²) >= 11 is 0. The summed E-state index contributed by atoms with van der Waals surface area (Å²) in [5.41, 5.74) is 6.29. The molecule has 0 saturated carbocycles. The highest BCUT2D eigenvalue weighted by Gasteiger charge is 2.15. The van der Waals surface area contributed by atoms with Gasteiger partial charge in [-0.2, -0.15) is 0 Å². The number of aromatic nitrogens is 2. The topological polar surface area (TPSA) is 61.0 Å². The van der Waals surface area contributed by atoms with Gasteiger partial charge in [0.2, 0.25) is 5.91 Å². The molecule has 0 aliphatic rings. The highest BCUT2D eigenvalue weighted by molar-refractivity contribution is 5.90. The molecular formula is C19H21FN4O. The maximum Gasteiger partial charge on any atom is 0.234 e. The predicted octanol–water partition coefficient (Wildman–Crippen LogP) is 3.28. The van der Waals surface area contributed by atoms with Crippen molar-refractivity contribution in [1.82, 2.24) is 20.4 Å². The molecule has 6 heteroatoms. The molecule has 3 aromatic rings. The van der Waals surface area contributed by atoms with Crippen LogP contribution in [0.5, 0.6) is 0 Å². The number of H-pyrrole nitrogens is 1. The number of amides is 1. The van der Waals surface area contributed by atoms with E-state index in [2.05, 4.69) is 15.4 Å². The summed E-state index contributed by atoms with van der Waals surface area (Å²) in [7, 11) is 3.55. The molecule has 0 spiro atoms. The first-order valence-corrected chi connectivity index (χ1v) is 8.23. The van der Waals surface area contributed by atoms with Crippen molar-refractivity contribution in [1.29, 1.82) is 0 Å². The van der Waals surface area contributed by atoms with Gasteiger partial charge in [-0.25, -0.2) is 9.40 Å². The van der Waals surface area contributed by atoms with E-state index in [1.54, 1.807) is 31.4 Å². The molecular weight excluding hydrogens is 319 g/mol. The molecule has 0 bridgehead atoms. The average Bonchev–Trinajstić information content (AvgIpc) is 2.93. The van der Waals surface area contributed by atoms with Crippen molar-refractivity contribution in [2.45, 2.75) is 19.3 Å². The second-order valence-electron chi connectivity index (χ2n) is 6.17. The van der Waals surface area contributed by atoms with Crippen LogP contribution in [0.4, 0.5) is 4.39 Å². The summed E-state index contributed by atoms with van der Waals surface area (Å²) < 4.78 is 13.7. The van der Waals surface area contributed by atoms with Gasteiger partial charge < -0.3 is 4.98 Å².